The van der Waals surface area contributed by atoms with Crippen LogP contribution < -0.4 is 4.74 Å². The maximum atomic E-state index is 10.5. The van der Waals surface area contributed by atoms with E-state index < -0.39 is 0 Å². The lowest BCUT2D eigenvalue weighted by Gasteiger charge is -2.05. The number of aromatic hydroxyl groups is 1. The third kappa shape index (κ3) is 1.77. The van der Waals surface area contributed by atoms with E-state index in [4.69, 9.17) is 4.74 Å². The minimum atomic E-state index is 0.243. The van der Waals surface area contributed by atoms with Crippen molar-refractivity contribution in [2.24, 2.45) is 7.05 Å². The molecule has 4 aromatic rings. The van der Waals surface area contributed by atoms with E-state index in [0.717, 1.165) is 27.6 Å². The predicted octanol–water partition coefficient (Wildman–Crippen LogP) is 3.84. The Morgan fingerprint density at radius 3 is 2.68 bits per heavy atom. The summed E-state index contributed by atoms with van der Waals surface area (Å²) in [5.74, 6) is 1.02. The Balaban J connectivity index is 1.93. The molecule has 0 spiro atoms. The third-order valence-corrected chi connectivity index (χ3v) is 4.14. The molecular formula is C18H16N2O2. The molecule has 2 aromatic carbocycles. The highest BCUT2D eigenvalue weighted by Gasteiger charge is 2.11. The number of aryl methyl sites for hydroxylation is 1. The Labute approximate surface area is 127 Å². The average Bonchev–Trinajstić information content (AvgIpc) is 3.07. The number of ether oxygens (including phenoxy) is 1. The highest BCUT2D eigenvalue weighted by molar-refractivity contribution is 5.90. The van der Waals surface area contributed by atoms with Crippen LogP contribution in [0.5, 0.6) is 11.6 Å². The molecule has 4 heteroatoms. The summed E-state index contributed by atoms with van der Waals surface area (Å²) >= 11 is 0. The number of hydrogen-bond acceptors (Lipinski definition) is 2. The van der Waals surface area contributed by atoms with Crippen molar-refractivity contribution < 1.29 is 9.84 Å². The van der Waals surface area contributed by atoms with Crippen LogP contribution in [0.4, 0.5) is 0 Å². The third-order valence-electron chi connectivity index (χ3n) is 4.14. The van der Waals surface area contributed by atoms with Gasteiger partial charge in [0.15, 0.2) is 0 Å². The number of benzene rings is 2. The first kappa shape index (κ1) is 12.8. The maximum Gasteiger partial charge on any atom is 0.203 e. The van der Waals surface area contributed by atoms with Crippen LogP contribution in [0.1, 0.15) is 0 Å². The SMILES string of the molecule is COc1ccc2c(O)n(-c3ccc4c(ccn4C)c3)cc2c1. The largest absolute Gasteiger partial charge is 0.497 e. The standard InChI is InChI=1S/C18H16N2O2/c1-19-8-7-12-9-14(3-6-17(12)19)20-11-13-10-15(22-2)4-5-16(13)18(20)21/h3-11,21H,1-2H3. The molecular weight excluding hydrogens is 276 g/mol. The van der Waals surface area contributed by atoms with Crippen LogP contribution in [0.15, 0.2) is 54.9 Å². The van der Waals surface area contributed by atoms with Gasteiger partial charge in [0.25, 0.3) is 0 Å². The molecule has 0 amide bonds. The number of fused-ring (bicyclic) bond motifs is 2. The van der Waals surface area contributed by atoms with Gasteiger partial charge in [-0.2, -0.15) is 0 Å². The van der Waals surface area contributed by atoms with Gasteiger partial charge in [-0.25, -0.2) is 0 Å². The summed E-state index contributed by atoms with van der Waals surface area (Å²) in [7, 11) is 3.66. The van der Waals surface area contributed by atoms with Crippen LogP contribution in [-0.2, 0) is 7.05 Å². The lowest BCUT2D eigenvalue weighted by molar-refractivity contribution is 0.415. The van der Waals surface area contributed by atoms with Crippen LogP contribution in [0.25, 0.3) is 27.4 Å². The second-order valence-corrected chi connectivity index (χ2v) is 5.45. The molecule has 4 nitrogen and oxygen atoms in total. The minimum absolute atomic E-state index is 0.243. The van der Waals surface area contributed by atoms with Gasteiger partial charge in [0.2, 0.25) is 5.88 Å². The van der Waals surface area contributed by atoms with Crippen molar-refractivity contribution in [3.63, 3.8) is 0 Å². The maximum absolute atomic E-state index is 10.5. The van der Waals surface area contributed by atoms with Crippen LogP contribution >= 0.6 is 0 Å². The molecule has 1 N–H and O–H groups in total. The molecule has 0 aliphatic carbocycles. The van der Waals surface area contributed by atoms with E-state index in [0.29, 0.717) is 0 Å². The molecule has 4 rings (SSSR count). The van der Waals surface area contributed by atoms with Gasteiger partial charge in [0.1, 0.15) is 5.75 Å². The summed E-state index contributed by atoms with van der Waals surface area (Å²) in [5.41, 5.74) is 2.10. The Morgan fingerprint density at radius 1 is 1.00 bits per heavy atom. The van der Waals surface area contributed by atoms with E-state index >= 15 is 0 Å². The van der Waals surface area contributed by atoms with Crippen molar-refractivity contribution in [2.75, 3.05) is 7.11 Å². The molecule has 110 valence electrons. The zero-order chi connectivity index (χ0) is 15.3. The number of methoxy groups -OCH3 is 1. The number of hydrogen-bond donors (Lipinski definition) is 1. The normalized spacial score (nSPS) is 11.4. The zero-order valence-electron chi connectivity index (χ0n) is 12.4. The first-order chi connectivity index (χ1) is 10.7. The lowest BCUT2D eigenvalue weighted by Crippen LogP contribution is -1.91. The molecule has 2 aromatic heterocycles. The van der Waals surface area contributed by atoms with Crippen molar-refractivity contribution in [2.45, 2.75) is 0 Å². The summed E-state index contributed by atoms with van der Waals surface area (Å²) in [5, 5.41) is 13.4. The Hall–Kier alpha value is -2.88. The van der Waals surface area contributed by atoms with E-state index in [2.05, 4.69) is 22.8 Å². The van der Waals surface area contributed by atoms with Gasteiger partial charge in [-0.15, -0.1) is 0 Å². The van der Waals surface area contributed by atoms with Crippen molar-refractivity contribution in [1.82, 2.24) is 9.13 Å². The molecule has 0 fully saturated rings. The van der Waals surface area contributed by atoms with Crippen molar-refractivity contribution >= 4 is 21.7 Å². The van der Waals surface area contributed by atoms with Gasteiger partial charge in [-0.1, -0.05) is 0 Å². The molecule has 0 aliphatic rings. The lowest BCUT2D eigenvalue weighted by atomic mass is 10.2. The van der Waals surface area contributed by atoms with E-state index in [-0.39, 0.29) is 5.88 Å². The van der Waals surface area contributed by atoms with Gasteiger partial charge < -0.3 is 14.4 Å². The number of nitrogens with zero attached hydrogens (tertiary/aromatic N) is 2. The van der Waals surface area contributed by atoms with Crippen LogP contribution in [0.2, 0.25) is 0 Å². The smallest absolute Gasteiger partial charge is 0.203 e. The highest BCUT2D eigenvalue weighted by Crippen LogP contribution is 2.33. The molecule has 22 heavy (non-hydrogen) atoms. The Bertz CT molecular complexity index is 995. The minimum Gasteiger partial charge on any atom is -0.497 e. The molecule has 0 aliphatic heterocycles. The first-order valence-corrected chi connectivity index (χ1v) is 7.11. The van der Waals surface area contributed by atoms with E-state index in [9.17, 15) is 5.11 Å². The molecule has 0 saturated carbocycles. The quantitative estimate of drug-likeness (QED) is 0.610. The second kappa shape index (κ2) is 4.56. The van der Waals surface area contributed by atoms with E-state index in [1.807, 2.05) is 43.7 Å². The molecule has 0 bridgehead atoms. The van der Waals surface area contributed by atoms with Gasteiger partial charge in [0.05, 0.1) is 7.11 Å². The van der Waals surface area contributed by atoms with Crippen LogP contribution in [0, 0.1) is 0 Å². The van der Waals surface area contributed by atoms with Crippen LogP contribution in [-0.4, -0.2) is 21.4 Å². The second-order valence-electron chi connectivity index (χ2n) is 5.45. The van der Waals surface area contributed by atoms with Gasteiger partial charge in [-0.3, -0.25) is 4.57 Å². The summed E-state index contributed by atoms with van der Waals surface area (Å²) in [6.07, 6.45) is 3.96. The summed E-state index contributed by atoms with van der Waals surface area (Å²) < 4.78 is 9.13. The summed E-state index contributed by atoms with van der Waals surface area (Å²) in [4.78, 5) is 0. The molecule has 0 radical (unpaired) electrons. The number of aromatic nitrogens is 2. The van der Waals surface area contributed by atoms with Crippen molar-refractivity contribution in [1.29, 1.82) is 0 Å². The molecule has 0 atom stereocenters. The fourth-order valence-corrected chi connectivity index (χ4v) is 2.92. The molecule has 0 unspecified atom stereocenters. The van der Waals surface area contributed by atoms with Gasteiger partial charge in [0, 0.05) is 46.8 Å². The van der Waals surface area contributed by atoms with Crippen LogP contribution in [0.3, 0.4) is 0 Å². The first-order valence-electron chi connectivity index (χ1n) is 7.11. The fraction of sp³-hybridized carbons (Fsp3) is 0.111. The van der Waals surface area contributed by atoms with Crippen molar-refractivity contribution in [3.8, 4) is 17.3 Å². The zero-order valence-corrected chi connectivity index (χ0v) is 12.4. The topological polar surface area (TPSA) is 39.3 Å². The highest BCUT2D eigenvalue weighted by atomic mass is 16.5. The predicted molar refractivity (Wildman–Crippen MR) is 88.0 cm³/mol. The summed E-state index contributed by atoms with van der Waals surface area (Å²) in [6, 6.07) is 13.9. The Kier molecular flexibility index (Phi) is 2.66. The van der Waals surface area contributed by atoms with Crippen molar-refractivity contribution in [3.05, 3.63) is 54.9 Å². The monoisotopic (exact) mass is 292 g/mol. The van der Waals surface area contributed by atoms with E-state index in [1.54, 1.807) is 11.7 Å². The van der Waals surface area contributed by atoms with Gasteiger partial charge >= 0.3 is 0 Å². The van der Waals surface area contributed by atoms with E-state index in [1.165, 1.54) is 5.52 Å². The average molecular weight is 292 g/mol. The molecule has 2 heterocycles. The number of rotatable bonds is 2. The molecule has 0 saturated heterocycles. The van der Waals surface area contributed by atoms with Gasteiger partial charge in [-0.05, 0) is 42.5 Å². The fourth-order valence-electron chi connectivity index (χ4n) is 2.92. The summed E-state index contributed by atoms with van der Waals surface area (Å²) in [6.45, 7) is 0. The Morgan fingerprint density at radius 2 is 1.86 bits per heavy atom.